The molecule has 0 radical (unpaired) electrons. The third-order valence-corrected chi connectivity index (χ3v) is 28.8. The molecule has 0 aromatic rings. The van der Waals surface area contributed by atoms with E-state index < -0.39 is 16.5 Å². The Hall–Kier alpha value is 0.354. The van der Waals surface area contributed by atoms with Crippen molar-refractivity contribution in [3.8, 4) is 0 Å². The maximum absolute atomic E-state index is 3.43. The van der Waals surface area contributed by atoms with E-state index in [4.69, 9.17) is 0 Å². The monoisotopic (exact) mass is 554 g/mol. The standard InChI is InChI=1S/C34H62N2Si2/c1-2-14-29(13-1)37(30-15-3-4-16-30,31-17-5-6-18-31)35-25-27-36(28-26-35)38(32-19-7-8-20-32,33-21-9-10-22-33)34-23-11-12-24-34/h29-34H,1-28H2. The fourth-order valence-electron chi connectivity index (χ4n) is 13.4. The van der Waals surface area contributed by atoms with Crippen LogP contribution < -0.4 is 0 Å². The van der Waals surface area contributed by atoms with Gasteiger partial charge in [-0.25, -0.2) is 0 Å². The predicted octanol–water partition coefficient (Wildman–Crippen LogP) is 10.2. The molecule has 0 spiro atoms. The summed E-state index contributed by atoms with van der Waals surface area (Å²) in [6.07, 6.45) is 38.4. The number of rotatable bonds is 8. The number of hydrogen-bond acceptors (Lipinski definition) is 2. The van der Waals surface area contributed by atoms with Crippen LogP contribution in [-0.4, -0.2) is 51.8 Å². The first-order valence-corrected chi connectivity index (χ1v) is 22.7. The average Bonchev–Trinajstić information content (AvgIpc) is 3.82. The summed E-state index contributed by atoms with van der Waals surface area (Å²) in [7, 11) is -2.91. The Kier molecular flexibility index (Phi) is 8.53. The summed E-state index contributed by atoms with van der Waals surface area (Å²) >= 11 is 0. The third kappa shape index (κ3) is 4.51. The number of nitrogens with zero attached hydrogens (tertiary/aromatic N) is 2. The summed E-state index contributed by atoms with van der Waals surface area (Å²) in [6.45, 7) is 6.04. The van der Waals surface area contributed by atoms with Crippen molar-refractivity contribution < 1.29 is 0 Å². The van der Waals surface area contributed by atoms with Crippen LogP contribution in [0.4, 0.5) is 0 Å². The Balaban J connectivity index is 1.20. The van der Waals surface area contributed by atoms with Crippen molar-refractivity contribution in [1.29, 1.82) is 0 Å². The molecule has 1 saturated heterocycles. The molecule has 4 heteroatoms. The first kappa shape index (κ1) is 27.2. The van der Waals surface area contributed by atoms with E-state index in [1.165, 1.54) is 59.4 Å². The summed E-state index contributed by atoms with van der Waals surface area (Å²) in [5, 5.41) is 0. The van der Waals surface area contributed by atoms with Crippen LogP contribution in [0.5, 0.6) is 0 Å². The Labute approximate surface area is 238 Å². The minimum absolute atomic E-state index is 1.17. The van der Waals surface area contributed by atoms with Crippen molar-refractivity contribution in [3.63, 3.8) is 0 Å². The van der Waals surface area contributed by atoms with Gasteiger partial charge in [0.1, 0.15) is 16.5 Å². The molecule has 2 nitrogen and oxygen atoms in total. The highest BCUT2D eigenvalue weighted by Crippen LogP contribution is 2.62. The van der Waals surface area contributed by atoms with Crippen LogP contribution in [0.2, 0.25) is 33.2 Å². The molecular formula is C34H62N2Si2. The van der Waals surface area contributed by atoms with Gasteiger partial charge in [-0.15, -0.1) is 0 Å². The lowest BCUT2D eigenvalue weighted by Crippen LogP contribution is -2.71. The van der Waals surface area contributed by atoms with E-state index in [1.54, 1.807) is 154 Å². The largest absolute Gasteiger partial charge is 0.320 e. The van der Waals surface area contributed by atoms with Crippen LogP contribution in [0.3, 0.4) is 0 Å². The third-order valence-electron chi connectivity index (χ3n) is 14.4. The molecule has 0 unspecified atom stereocenters. The summed E-state index contributed by atoms with van der Waals surface area (Å²) < 4.78 is 6.87. The predicted molar refractivity (Wildman–Crippen MR) is 168 cm³/mol. The minimum atomic E-state index is -1.46. The second-order valence-electron chi connectivity index (χ2n) is 15.6. The smallest absolute Gasteiger partial charge is 0.137 e. The van der Waals surface area contributed by atoms with Gasteiger partial charge >= 0.3 is 0 Å². The molecule has 6 saturated carbocycles. The molecule has 0 bridgehead atoms. The zero-order valence-corrected chi connectivity index (χ0v) is 27.2. The topological polar surface area (TPSA) is 6.48 Å². The highest BCUT2D eigenvalue weighted by Gasteiger charge is 2.61. The maximum atomic E-state index is 3.43. The lowest BCUT2D eigenvalue weighted by atomic mass is 10.3. The number of piperazine rings is 1. The van der Waals surface area contributed by atoms with Gasteiger partial charge in [-0.1, -0.05) is 154 Å². The second kappa shape index (κ2) is 11.9. The highest BCUT2D eigenvalue weighted by atomic mass is 28.3. The van der Waals surface area contributed by atoms with Crippen molar-refractivity contribution in [2.75, 3.05) is 26.2 Å². The molecule has 216 valence electrons. The highest BCUT2D eigenvalue weighted by molar-refractivity contribution is 6.82. The zero-order valence-electron chi connectivity index (χ0n) is 25.2. The van der Waals surface area contributed by atoms with Gasteiger partial charge < -0.3 is 9.13 Å². The van der Waals surface area contributed by atoms with Gasteiger partial charge in [-0.05, 0) is 33.2 Å². The molecule has 1 heterocycles. The van der Waals surface area contributed by atoms with Crippen LogP contribution in [0.25, 0.3) is 0 Å². The van der Waals surface area contributed by atoms with E-state index in [9.17, 15) is 0 Å². The van der Waals surface area contributed by atoms with Gasteiger partial charge in [0.05, 0.1) is 0 Å². The Morgan fingerprint density at radius 3 is 0.579 bits per heavy atom. The van der Waals surface area contributed by atoms with Crippen molar-refractivity contribution in [1.82, 2.24) is 9.13 Å². The first-order chi connectivity index (χ1) is 18.8. The first-order valence-electron chi connectivity index (χ1n) is 18.3. The van der Waals surface area contributed by atoms with E-state index in [0.717, 1.165) is 0 Å². The molecule has 1 aliphatic heterocycles. The Morgan fingerprint density at radius 2 is 0.421 bits per heavy atom. The second-order valence-corrected chi connectivity index (χ2v) is 25.4. The fourth-order valence-corrected chi connectivity index (χ4v) is 30.4. The molecule has 0 amide bonds. The molecule has 7 aliphatic rings. The van der Waals surface area contributed by atoms with E-state index in [1.807, 2.05) is 0 Å². The van der Waals surface area contributed by atoms with E-state index in [0.29, 0.717) is 0 Å². The molecule has 0 aromatic heterocycles. The van der Waals surface area contributed by atoms with Crippen LogP contribution >= 0.6 is 0 Å². The van der Waals surface area contributed by atoms with E-state index in [2.05, 4.69) is 9.13 Å². The molecule has 6 aliphatic carbocycles. The van der Waals surface area contributed by atoms with E-state index in [-0.39, 0.29) is 0 Å². The van der Waals surface area contributed by atoms with Gasteiger partial charge in [0, 0.05) is 26.2 Å². The Morgan fingerprint density at radius 1 is 0.263 bits per heavy atom. The summed E-state index contributed by atoms with van der Waals surface area (Å²) in [4.78, 5) is 0. The van der Waals surface area contributed by atoms with Gasteiger partial charge in [0.25, 0.3) is 0 Å². The normalized spacial score (nSPS) is 31.6. The van der Waals surface area contributed by atoms with Crippen LogP contribution in [-0.2, 0) is 0 Å². The molecule has 7 rings (SSSR count). The van der Waals surface area contributed by atoms with Crippen LogP contribution in [0, 0.1) is 0 Å². The van der Waals surface area contributed by atoms with Gasteiger partial charge in [0.2, 0.25) is 0 Å². The fraction of sp³-hybridized carbons (Fsp3) is 1.00. The molecular weight excluding hydrogens is 493 g/mol. The Bertz CT molecular complexity index is 597. The molecule has 7 fully saturated rings. The van der Waals surface area contributed by atoms with Crippen molar-refractivity contribution in [2.24, 2.45) is 0 Å². The maximum Gasteiger partial charge on any atom is 0.137 e. The lowest BCUT2D eigenvalue weighted by Gasteiger charge is -2.60. The van der Waals surface area contributed by atoms with Crippen LogP contribution in [0.15, 0.2) is 0 Å². The van der Waals surface area contributed by atoms with Gasteiger partial charge in [-0.3, -0.25) is 0 Å². The summed E-state index contributed by atoms with van der Waals surface area (Å²) in [6, 6.07) is 0. The van der Waals surface area contributed by atoms with Crippen molar-refractivity contribution >= 4 is 16.5 Å². The number of hydrogen-bond donors (Lipinski definition) is 0. The van der Waals surface area contributed by atoms with Crippen LogP contribution in [0.1, 0.15) is 154 Å². The van der Waals surface area contributed by atoms with Gasteiger partial charge in [0.15, 0.2) is 0 Å². The van der Waals surface area contributed by atoms with Crippen molar-refractivity contribution in [3.05, 3.63) is 0 Å². The molecule has 0 atom stereocenters. The average molecular weight is 555 g/mol. The zero-order chi connectivity index (χ0) is 25.4. The summed E-state index contributed by atoms with van der Waals surface area (Å²) in [5.74, 6) is 0. The van der Waals surface area contributed by atoms with Crippen molar-refractivity contribution in [2.45, 2.75) is 187 Å². The summed E-state index contributed by atoms with van der Waals surface area (Å²) in [5.41, 5.74) is 7.01. The van der Waals surface area contributed by atoms with Gasteiger partial charge in [-0.2, -0.15) is 0 Å². The molecule has 0 aromatic carbocycles. The van der Waals surface area contributed by atoms with E-state index >= 15 is 0 Å². The molecule has 0 N–H and O–H groups in total. The minimum Gasteiger partial charge on any atom is -0.320 e. The quantitative estimate of drug-likeness (QED) is 0.275. The molecule has 38 heavy (non-hydrogen) atoms. The SMILES string of the molecule is C1CCC([Si](C2CCCC2)(C2CCCC2)N2CCN([Si](C3CCCC3)(C3CCCC3)C3CCCC3)CC2)C1. The lowest BCUT2D eigenvalue weighted by molar-refractivity contribution is 0.234.